The van der Waals surface area contributed by atoms with Crippen LogP contribution in [-0.2, 0) is 25.6 Å². The van der Waals surface area contributed by atoms with Crippen molar-refractivity contribution in [3.8, 4) is 5.75 Å². The number of carboxylic acid groups (broad SMARTS) is 1. The minimum atomic E-state index is -1.23. The van der Waals surface area contributed by atoms with Gasteiger partial charge < -0.3 is 31.9 Å². The Hall–Kier alpha value is -2.79. The second kappa shape index (κ2) is 16.1. The predicted octanol–water partition coefficient (Wildman–Crippen LogP) is 1.65. The Kier molecular flexibility index (Phi) is 14.1. The standard InChI is InChI=1S/C26H42N4O6S/c1-15(2)12-20(28-23(32)19(27)10-11-37-5)24(33)29-21(13-16(3)4)25(34)30-22(26(35)36)14-17-6-8-18(31)9-7-17/h6-9,15-16,19-22,31H,10-14,27H2,1-5H3,(H,28,32)(H,29,33)(H,30,34)(H,35,36). The third-order valence-corrected chi connectivity index (χ3v) is 6.28. The van der Waals surface area contributed by atoms with E-state index in [1.165, 1.54) is 12.1 Å². The molecule has 0 saturated carbocycles. The first kappa shape index (κ1) is 32.2. The molecule has 0 spiro atoms. The highest BCUT2D eigenvalue weighted by atomic mass is 32.2. The van der Waals surface area contributed by atoms with E-state index in [4.69, 9.17) is 5.73 Å². The summed E-state index contributed by atoms with van der Waals surface area (Å²) >= 11 is 1.57. The molecule has 0 aliphatic heterocycles. The maximum atomic E-state index is 13.2. The molecule has 0 radical (unpaired) electrons. The molecule has 0 bridgehead atoms. The van der Waals surface area contributed by atoms with Crippen LogP contribution in [0.15, 0.2) is 24.3 Å². The summed E-state index contributed by atoms with van der Waals surface area (Å²) in [6.07, 6.45) is 3.02. The van der Waals surface area contributed by atoms with Gasteiger partial charge in [-0.1, -0.05) is 39.8 Å². The lowest BCUT2D eigenvalue weighted by atomic mass is 9.99. The van der Waals surface area contributed by atoms with Gasteiger partial charge in [0.25, 0.3) is 0 Å². The first-order chi connectivity index (χ1) is 17.3. The molecular formula is C26H42N4O6S. The summed E-state index contributed by atoms with van der Waals surface area (Å²) in [5.74, 6) is -1.94. The zero-order chi connectivity index (χ0) is 28.1. The molecule has 1 rings (SSSR count). The minimum absolute atomic E-state index is 0.00364. The van der Waals surface area contributed by atoms with E-state index in [1.54, 1.807) is 23.9 Å². The molecule has 0 heterocycles. The number of carbonyl (C=O) groups is 4. The molecule has 0 aliphatic carbocycles. The van der Waals surface area contributed by atoms with Gasteiger partial charge in [-0.3, -0.25) is 14.4 Å². The van der Waals surface area contributed by atoms with Crippen LogP contribution in [0.4, 0.5) is 0 Å². The van der Waals surface area contributed by atoms with Crippen molar-refractivity contribution in [2.75, 3.05) is 12.0 Å². The lowest BCUT2D eigenvalue weighted by molar-refractivity contribution is -0.142. The SMILES string of the molecule is CSCCC(N)C(=O)NC(CC(C)C)C(=O)NC(CC(C)C)C(=O)NC(Cc1ccc(O)cc1)C(=O)O. The van der Waals surface area contributed by atoms with Crippen molar-refractivity contribution in [2.24, 2.45) is 17.6 Å². The van der Waals surface area contributed by atoms with Gasteiger partial charge in [0.05, 0.1) is 6.04 Å². The summed E-state index contributed by atoms with van der Waals surface area (Å²) in [7, 11) is 0. The monoisotopic (exact) mass is 538 g/mol. The van der Waals surface area contributed by atoms with Crippen LogP contribution in [0, 0.1) is 11.8 Å². The molecule has 0 aliphatic rings. The molecule has 1 aromatic rings. The van der Waals surface area contributed by atoms with Gasteiger partial charge in [-0.05, 0) is 60.8 Å². The average molecular weight is 539 g/mol. The summed E-state index contributed by atoms with van der Waals surface area (Å²) < 4.78 is 0. The van der Waals surface area contributed by atoms with Gasteiger partial charge in [0.2, 0.25) is 17.7 Å². The Morgan fingerprint density at radius 2 is 1.30 bits per heavy atom. The van der Waals surface area contributed by atoms with Gasteiger partial charge in [-0.2, -0.15) is 11.8 Å². The molecular weight excluding hydrogens is 496 g/mol. The first-order valence-corrected chi connectivity index (χ1v) is 13.9. The van der Waals surface area contributed by atoms with Crippen molar-refractivity contribution in [3.05, 3.63) is 29.8 Å². The highest BCUT2D eigenvalue weighted by molar-refractivity contribution is 7.98. The van der Waals surface area contributed by atoms with E-state index in [0.29, 0.717) is 24.2 Å². The van der Waals surface area contributed by atoms with E-state index in [2.05, 4.69) is 16.0 Å². The lowest BCUT2D eigenvalue weighted by Crippen LogP contribution is -2.57. The fourth-order valence-corrected chi connectivity index (χ4v) is 4.16. The number of amides is 3. The van der Waals surface area contributed by atoms with Gasteiger partial charge in [-0.15, -0.1) is 0 Å². The zero-order valence-corrected chi connectivity index (χ0v) is 23.1. The summed E-state index contributed by atoms with van der Waals surface area (Å²) in [5, 5.41) is 27.1. The van der Waals surface area contributed by atoms with E-state index in [9.17, 15) is 29.4 Å². The number of aromatic hydroxyl groups is 1. The second-order valence-corrected chi connectivity index (χ2v) is 11.0. The molecule has 0 fully saturated rings. The number of carbonyl (C=O) groups excluding carboxylic acids is 3. The average Bonchev–Trinajstić information content (AvgIpc) is 2.81. The van der Waals surface area contributed by atoms with E-state index in [0.717, 1.165) is 0 Å². The van der Waals surface area contributed by atoms with Crippen LogP contribution in [-0.4, -0.2) is 70.1 Å². The van der Waals surface area contributed by atoms with Crippen molar-refractivity contribution in [2.45, 2.75) is 77.5 Å². The summed E-state index contributed by atoms with van der Waals surface area (Å²) in [6, 6.07) is 2.17. The third kappa shape index (κ3) is 12.3. The number of hydrogen-bond donors (Lipinski definition) is 6. The van der Waals surface area contributed by atoms with Gasteiger partial charge in [-0.25, -0.2) is 4.79 Å². The first-order valence-electron chi connectivity index (χ1n) is 12.5. The number of benzene rings is 1. The molecule has 10 nitrogen and oxygen atoms in total. The van der Waals surface area contributed by atoms with E-state index in [1.807, 2.05) is 34.0 Å². The Labute approximate surface area is 223 Å². The van der Waals surface area contributed by atoms with Gasteiger partial charge >= 0.3 is 5.97 Å². The van der Waals surface area contributed by atoms with Crippen molar-refractivity contribution in [1.29, 1.82) is 0 Å². The fraction of sp³-hybridized carbons (Fsp3) is 0.615. The Bertz CT molecular complexity index is 894. The highest BCUT2D eigenvalue weighted by Gasteiger charge is 2.31. The minimum Gasteiger partial charge on any atom is -0.508 e. The van der Waals surface area contributed by atoms with Crippen LogP contribution in [0.1, 0.15) is 52.5 Å². The van der Waals surface area contributed by atoms with Crippen molar-refractivity contribution >= 4 is 35.5 Å². The van der Waals surface area contributed by atoms with Gasteiger partial charge in [0.1, 0.15) is 23.9 Å². The maximum Gasteiger partial charge on any atom is 0.326 e. The van der Waals surface area contributed by atoms with Crippen LogP contribution in [0.3, 0.4) is 0 Å². The number of rotatable bonds is 16. The Morgan fingerprint density at radius 3 is 1.73 bits per heavy atom. The molecule has 208 valence electrons. The number of phenols is 1. The number of phenolic OH excluding ortho intramolecular Hbond substituents is 1. The van der Waals surface area contributed by atoms with E-state index >= 15 is 0 Å². The molecule has 3 amide bonds. The second-order valence-electron chi connectivity index (χ2n) is 10.0. The molecule has 37 heavy (non-hydrogen) atoms. The summed E-state index contributed by atoms with van der Waals surface area (Å²) in [5.41, 5.74) is 6.58. The number of carboxylic acids is 1. The topological polar surface area (TPSA) is 171 Å². The lowest BCUT2D eigenvalue weighted by Gasteiger charge is -2.27. The predicted molar refractivity (Wildman–Crippen MR) is 145 cm³/mol. The van der Waals surface area contributed by atoms with E-state index < -0.39 is 47.9 Å². The summed E-state index contributed by atoms with van der Waals surface area (Å²) in [6.45, 7) is 7.60. The van der Waals surface area contributed by atoms with Crippen molar-refractivity contribution in [3.63, 3.8) is 0 Å². The van der Waals surface area contributed by atoms with Crippen LogP contribution in [0.5, 0.6) is 5.75 Å². The number of hydrogen-bond acceptors (Lipinski definition) is 7. The normalized spacial score (nSPS) is 14.5. The summed E-state index contributed by atoms with van der Waals surface area (Å²) in [4.78, 5) is 50.7. The van der Waals surface area contributed by atoms with Crippen LogP contribution >= 0.6 is 11.8 Å². The smallest absolute Gasteiger partial charge is 0.326 e. The van der Waals surface area contributed by atoms with Crippen molar-refractivity contribution < 1.29 is 29.4 Å². The molecule has 1 aromatic carbocycles. The molecule has 0 saturated heterocycles. The number of aliphatic carboxylic acids is 1. The largest absolute Gasteiger partial charge is 0.508 e. The van der Waals surface area contributed by atoms with E-state index in [-0.39, 0.29) is 30.4 Å². The molecule has 4 atom stereocenters. The zero-order valence-electron chi connectivity index (χ0n) is 22.3. The Morgan fingerprint density at radius 1 is 0.838 bits per heavy atom. The third-order valence-electron chi connectivity index (χ3n) is 5.64. The number of thioether (sulfide) groups is 1. The highest BCUT2D eigenvalue weighted by Crippen LogP contribution is 2.13. The maximum absolute atomic E-state index is 13.2. The molecule has 4 unspecified atom stereocenters. The fourth-order valence-electron chi connectivity index (χ4n) is 3.67. The number of nitrogens with one attached hydrogen (secondary N) is 3. The van der Waals surface area contributed by atoms with Crippen LogP contribution in [0.25, 0.3) is 0 Å². The van der Waals surface area contributed by atoms with Crippen molar-refractivity contribution in [1.82, 2.24) is 16.0 Å². The van der Waals surface area contributed by atoms with Gasteiger partial charge in [0, 0.05) is 6.42 Å². The van der Waals surface area contributed by atoms with Crippen LogP contribution in [0.2, 0.25) is 0 Å². The quantitative estimate of drug-likeness (QED) is 0.184. The molecule has 11 heteroatoms. The Balaban J connectivity index is 2.99. The molecule has 0 aromatic heterocycles. The van der Waals surface area contributed by atoms with Crippen LogP contribution < -0.4 is 21.7 Å². The number of nitrogens with two attached hydrogens (primary N) is 1. The van der Waals surface area contributed by atoms with Gasteiger partial charge in [0.15, 0.2) is 0 Å². The molecule has 7 N–H and O–H groups in total.